The Morgan fingerprint density at radius 3 is 2.81 bits per heavy atom. The van der Waals surface area contributed by atoms with Crippen LogP contribution >= 0.6 is 0 Å². The molecule has 140 valence electrons. The summed E-state index contributed by atoms with van der Waals surface area (Å²) in [6, 6.07) is 3.61. The van der Waals surface area contributed by atoms with E-state index in [2.05, 4.69) is 15.5 Å². The van der Waals surface area contributed by atoms with Crippen molar-refractivity contribution in [1.82, 2.24) is 15.5 Å². The van der Waals surface area contributed by atoms with E-state index < -0.39 is 12.0 Å². The number of carbonyl (C=O) groups is 2. The van der Waals surface area contributed by atoms with Gasteiger partial charge < -0.3 is 14.9 Å². The molecule has 1 aromatic heterocycles. The largest absolute Gasteiger partial charge is 0.480 e. The Bertz CT molecular complexity index is 776. The minimum absolute atomic E-state index is 0.0417. The third-order valence-corrected chi connectivity index (χ3v) is 3.93. The summed E-state index contributed by atoms with van der Waals surface area (Å²) in [6.45, 7) is 3.60. The molecule has 7 nitrogen and oxygen atoms in total. The maximum atomic E-state index is 13.3. The Hall–Kier alpha value is -2.77. The number of nitrogens with zero attached hydrogens (tertiary/aromatic N) is 2. The summed E-state index contributed by atoms with van der Waals surface area (Å²) in [5, 5.41) is 15.5. The molecule has 0 aliphatic heterocycles. The average molecular weight is 363 g/mol. The molecule has 1 amide bonds. The van der Waals surface area contributed by atoms with Crippen molar-refractivity contribution in [2.24, 2.45) is 0 Å². The third-order valence-electron chi connectivity index (χ3n) is 3.93. The van der Waals surface area contributed by atoms with Crippen LogP contribution in [0.2, 0.25) is 0 Å². The van der Waals surface area contributed by atoms with Crippen LogP contribution in [0.25, 0.3) is 11.4 Å². The predicted molar refractivity (Wildman–Crippen MR) is 91.8 cm³/mol. The first kappa shape index (κ1) is 19.6. The quantitative estimate of drug-likeness (QED) is 0.710. The van der Waals surface area contributed by atoms with E-state index >= 15 is 0 Å². The highest BCUT2D eigenvalue weighted by molar-refractivity contribution is 5.83. The van der Waals surface area contributed by atoms with Crippen molar-refractivity contribution in [2.45, 2.75) is 52.0 Å². The summed E-state index contributed by atoms with van der Waals surface area (Å²) in [5.74, 6) is -1.16. The van der Waals surface area contributed by atoms with Gasteiger partial charge in [0.05, 0.1) is 0 Å². The van der Waals surface area contributed by atoms with Crippen LogP contribution in [-0.4, -0.2) is 33.2 Å². The van der Waals surface area contributed by atoms with Crippen molar-refractivity contribution >= 4 is 11.9 Å². The van der Waals surface area contributed by atoms with Crippen LogP contribution in [0.1, 0.15) is 44.1 Å². The zero-order valence-corrected chi connectivity index (χ0v) is 14.8. The van der Waals surface area contributed by atoms with Gasteiger partial charge in [-0.1, -0.05) is 24.9 Å². The van der Waals surface area contributed by atoms with Gasteiger partial charge in [-0.15, -0.1) is 0 Å². The van der Waals surface area contributed by atoms with Crippen LogP contribution in [0.4, 0.5) is 4.39 Å². The lowest BCUT2D eigenvalue weighted by atomic mass is 10.1. The maximum absolute atomic E-state index is 13.3. The van der Waals surface area contributed by atoms with Gasteiger partial charge in [0.25, 0.3) is 0 Å². The third kappa shape index (κ3) is 5.37. The Morgan fingerprint density at radius 1 is 1.38 bits per heavy atom. The molecule has 0 spiro atoms. The summed E-state index contributed by atoms with van der Waals surface area (Å²) in [4.78, 5) is 27.3. The second kappa shape index (κ2) is 9.07. The second-order valence-corrected chi connectivity index (χ2v) is 6.08. The van der Waals surface area contributed by atoms with Gasteiger partial charge in [0.1, 0.15) is 11.9 Å². The zero-order valence-electron chi connectivity index (χ0n) is 14.8. The lowest BCUT2D eigenvalue weighted by Gasteiger charge is -2.13. The SMILES string of the molecule is CCCC[C@H](NC(=O)CCc1nc(-c2ccc(F)c(C)c2)no1)C(=O)O. The number of nitrogens with one attached hydrogen (secondary N) is 1. The normalized spacial score (nSPS) is 12.0. The van der Waals surface area contributed by atoms with E-state index in [1.54, 1.807) is 19.1 Å². The standard InChI is InChI=1S/C18H22FN3O4/c1-3-4-5-14(18(24)25)20-15(23)8-9-16-21-17(22-26-16)12-6-7-13(19)11(2)10-12/h6-7,10,14H,3-5,8-9H2,1-2H3,(H,20,23)(H,24,25)/t14-/m0/s1. The summed E-state index contributed by atoms with van der Waals surface area (Å²) in [5.41, 5.74) is 1.09. The molecule has 0 aliphatic rings. The predicted octanol–water partition coefficient (Wildman–Crippen LogP) is 2.88. The lowest BCUT2D eigenvalue weighted by molar-refractivity contribution is -0.142. The number of benzene rings is 1. The van der Waals surface area contributed by atoms with E-state index in [1.165, 1.54) is 6.07 Å². The van der Waals surface area contributed by atoms with Gasteiger partial charge in [-0.3, -0.25) is 4.79 Å². The highest BCUT2D eigenvalue weighted by Gasteiger charge is 2.19. The number of carboxylic acid groups (broad SMARTS) is 1. The van der Waals surface area contributed by atoms with Crippen LogP contribution in [0.15, 0.2) is 22.7 Å². The van der Waals surface area contributed by atoms with Crippen molar-refractivity contribution in [3.8, 4) is 11.4 Å². The number of aryl methyl sites for hydroxylation is 2. The fourth-order valence-corrected chi connectivity index (χ4v) is 2.41. The monoisotopic (exact) mass is 363 g/mol. The molecular formula is C18H22FN3O4. The molecular weight excluding hydrogens is 341 g/mol. The number of carboxylic acids is 1. The zero-order chi connectivity index (χ0) is 19.1. The van der Waals surface area contributed by atoms with Crippen molar-refractivity contribution in [3.63, 3.8) is 0 Å². The molecule has 0 saturated carbocycles. The van der Waals surface area contributed by atoms with E-state index in [0.717, 1.165) is 12.8 Å². The summed E-state index contributed by atoms with van der Waals surface area (Å²) < 4.78 is 18.4. The van der Waals surface area contributed by atoms with Crippen molar-refractivity contribution < 1.29 is 23.6 Å². The van der Waals surface area contributed by atoms with Gasteiger partial charge in [0.2, 0.25) is 17.6 Å². The van der Waals surface area contributed by atoms with Crippen LogP contribution in [0, 0.1) is 12.7 Å². The fourth-order valence-electron chi connectivity index (χ4n) is 2.41. The maximum Gasteiger partial charge on any atom is 0.326 e. The number of halogens is 1. The van der Waals surface area contributed by atoms with Gasteiger partial charge in [0, 0.05) is 18.4 Å². The van der Waals surface area contributed by atoms with Gasteiger partial charge in [-0.05, 0) is 37.1 Å². The van der Waals surface area contributed by atoms with Crippen LogP contribution < -0.4 is 5.32 Å². The van der Waals surface area contributed by atoms with Crippen molar-refractivity contribution in [3.05, 3.63) is 35.5 Å². The van der Waals surface area contributed by atoms with E-state index in [0.29, 0.717) is 23.4 Å². The highest BCUT2D eigenvalue weighted by atomic mass is 19.1. The van der Waals surface area contributed by atoms with Gasteiger partial charge in [-0.25, -0.2) is 9.18 Å². The van der Waals surface area contributed by atoms with Crippen LogP contribution in [0.3, 0.4) is 0 Å². The number of amides is 1. The smallest absolute Gasteiger partial charge is 0.326 e. The molecule has 0 bridgehead atoms. The summed E-state index contributed by atoms with van der Waals surface area (Å²) in [6.07, 6.45) is 2.21. The Morgan fingerprint density at radius 2 is 2.15 bits per heavy atom. The second-order valence-electron chi connectivity index (χ2n) is 6.08. The molecule has 0 unspecified atom stereocenters. The molecule has 2 N–H and O–H groups in total. The number of aliphatic carboxylic acids is 1. The number of rotatable bonds is 9. The minimum atomic E-state index is -1.04. The van der Waals surface area contributed by atoms with Gasteiger partial charge >= 0.3 is 5.97 Å². The van der Waals surface area contributed by atoms with E-state index in [-0.39, 0.29) is 30.5 Å². The number of aromatic nitrogens is 2. The molecule has 8 heteroatoms. The first-order valence-corrected chi connectivity index (χ1v) is 8.52. The summed E-state index contributed by atoms with van der Waals surface area (Å²) >= 11 is 0. The minimum Gasteiger partial charge on any atom is -0.480 e. The lowest BCUT2D eigenvalue weighted by Crippen LogP contribution is -2.40. The summed E-state index contributed by atoms with van der Waals surface area (Å²) in [7, 11) is 0. The van der Waals surface area contributed by atoms with Crippen LogP contribution in [-0.2, 0) is 16.0 Å². The number of hydrogen-bond acceptors (Lipinski definition) is 5. The van der Waals surface area contributed by atoms with E-state index in [9.17, 15) is 14.0 Å². The molecule has 0 aliphatic carbocycles. The van der Waals surface area contributed by atoms with Crippen molar-refractivity contribution in [2.75, 3.05) is 0 Å². The molecule has 0 fully saturated rings. The average Bonchev–Trinajstić information content (AvgIpc) is 3.08. The topological polar surface area (TPSA) is 105 Å². The van der Waals surface area contributed by atoms with Gasteiger partial charge in [0.15, 0.2) is 0 Å². The number of carbonyl (C=O) groups excluding carboxylic acids is 1. The Kier molecular flexibility index (Phi) is 6.82. The van der Waals surface area contributed by atoms with Crippen molar-refractivity contribution in [1.29, 1.82) is 0 Å². The molecule has 1 atom stereocenters. The van der Waals surface area contributed by atoms with Gasteiger partial charge in [-0.2, -0.15) is 4.98 Å². The van der Waals surface area contributed by atoms with Crippen LogP contribution in [0.5, 0.6) is 0 Å². The number of hydrogen-bond donors (Lipinski definition) is 2. The molecule has 26 heavy (non-hydrogen) atoms. The first-order valence-electron chi connectivity index (χ1n) is 8.52. The number of unbranched alkanes of at least 4 members (excludes halogenated alkanes) is 1. The molecule has 1 aromatic carbocycles. The molecule has 2 rings (SSSR count). The Balaban J connectivity index is 1.91. The molecule has 0 radical (unpaired) electrons. The van der Waals surface area contributed by atoms with E-state index in [4.69, 9.17) is 9.63 Å². The first-order chi connectivity index (χ1) is 12.4. The molecule has 1 heterocycles. The highest BCUT2D eigenvalue weighted by Crippen LogP contribution is 2.19. The molecule has 0 saturated heterocycles. The Labute approximate surface area is 150 Å². The molecule has 2 aromatic rings. The fraction of sp³-hybridized carbons (Fsp3) is 0.444. The van der Waals surface area contributed by atoms with E-state index in [1.807, 2.05) is 6.92 Å².